The summed E-state index contributed by atoms with van der Waals surface area (Å²) in [6.45, 7) is 1.19. The largest absolute Gasteiger partial charge is 0.476 e. The number of halogens is 1. The van der Waals surface area contributed by atoms with Gasteiger partial charge in [-0.1, -0.05) is 11.6 Å². The van der Waals surface area contributed by atoms with Crippen molar-refractivity contribution >= 4 is 23.2 Å². The molecule has 3 aromatic heterocycles. The Morgan fingerprint density at radius 1 is 1.42 bits per heavy atom. The van der Waals surface area contributed by atoms with Gasteiger partial charge in [0, 0.05) is 36.6 Å². The second-order valence-electron chi connectivity index (χ2n) is 5.64. The minimum absolute atomic E-state index is 0.0152. The van der Waals surface area contributed by atoms with E-state index in [2.05, 4.69) is 20.3 Å². The number of nitrogens with zero attached hydrogens (tertiary/aromatic N) is 4. The number of aromatic carboxylic acids is 1. The number of ether oxygens (including phenoxy) is 1. The summed E-state index contributed by atoms with van der Waals surface area (Å²) in [4.78, 5) is 16.1. The summed E-state index contributed by atoms with van der Waals surface area (Å²) in [5, 5.41) is 20.8. The zero-order chi connectivity index (χ0) is 16.7. The molecule has 0 atom stereocenters. The monoisotopic (exact) mass is 347 g/mol. The average Bonchev–Trinajstić information content (AvgIpc) is 3.22. The number of hydrogen-bond acceptors (Lipinski definition) is 5. The molecule has 3 aromatic rings. The molecule has 1 fully saturated rings. The smallest absolute Gasteiger partial charge is 0.356 e. The van der Waals surface area contributed by atoms with Crippen LogP contribution in [-0.2, 0) is 4.74 Å². The summed E-state index contributed by atoms with van der Waals surface area (Å²) in [7, 11) is 0. The standard InChI is InChI=1S/C15H14ClN5O3/c16-11-5-10(9-6-17-18-7-9)21-14(19-11)12(13(20-21)15(22)23)8-1-3-24-4-2-8/h5-8H,1-4H2,(H,17,18)(H,22,23). The number of rotatable bonds is 3. The van der Waals surface area contributed by atoms with Crippen molar-refractivity contribution in [2.24, 2.45) is 0 Å². The number of aromatic nitrogens is 5. The zero-order valence-corrected chi connectivity index (χ0v) is 13.3. The Morgan fingerprint density at radius 3 is 2.88 bits per heavy atom. The van der Waals surface area contributed by atoms with Crippen LogP contribution in [-0.4, -0.2) is 49.1 Å². The van der Waals surface area contributed by atoms with Crippen molar-refractivity contribution in [3.63, 3.8) is 0 Å². The van der Waals surface area contributed by atoms with Crippen molar-refractivity contribution in [3.05, 3.63) is 34.9 Å². The molecule has 1 aliphatic heterocycles. The summed E-state index contributed by atoms with van der Waals surface area (Å²) < 4.78 is 6.92. The summed E-state index contributed by atoms with van der Waals surface area (Å²) >= 11 is 6.19. The molecule has 4 rings (SSSR count). The molecule has 1 aliphatic rings. The van der Waals surface area contributed by atoms with E-state index >= 15 is 0 Å². The van der Waals surface area contributed by atoms with Crippen molar-refractivity contribution in [2.75, 3.05) is 13.2 Å². The molecule has 24 heavy (non-hydrogen) atoms. The molecule has 0 aliphatic carbocycles. The van der Waals surface area contributed by atoms with Gasteiger partial charge in [-0.25, -0.2) is 14.3 Å². The molecule has 1 saturated heterocycles. The molecule has 124 valence electrons. The van der Waals surface area contributed by atoms with E-state index in [9.17, 15) is 9.90 Å². The lowest BCUT2D eigenvalue weighted by Gasteiger charge is -2.21. The molecule has 0 amide bonds. The third kappa shape index (κ3) is 2.44. The lowest BCUT2D eigenvalue weighted by Crippen LogP contribution is -2.16. The molecule has 0 radical (unpaired) electrons. The quantitative estimate of drug-likeness (QED) is 0.704. The molecule has 4 heterocycles. The van der Waals surface area contributed by atoms with Crippen molar-refractivity contribution in [1.29, 1.82) is 0 Å². The highest BCUT2D eigenvalue weighted by Crippen LogP contribution is 2.34. The minimum Gasteiger partial charge on any atom is -0.476 e. The summed E-state index contributed by atoms with van der Waals surface area (Å²) in [6.07, 6.45) is 4.79. The number of H-pyrrole nitrogens is 1. The van der Waals surface area contributed by atoms with Crippen LogP contribution in [0.25, 0.3) is 16.9 Å². The van der Waals surface area contributed by atoms with E-state index in [0.717, 1.165) is 18.4 Å². The Balaban J connectivity index is 2.00. The average molecular weight is 348 g/mol. The summed E-state index contributed by atoms with van der Waals surface area (Å²) in [5.74, 6) is -1.04. The van der Waals surface area contributed by atoms with Crippen LogP contribution in [0.1, 0.15) is 34.8 Å². The van der Waals surface area contributed by atoms with Crippen molar-refractivity contribution in [3.8, 4) is 11.3 Å². The third-order valence-electron chi connectivity index (χ3n) is 4.22. The summed E-state index contributed by atoms with van der Waals surface area (Å²) in [5.41, 5.74) is 2.50. The van der Waals surface area contributed by atoms with E-state index in [1.54, 1.807) is 18.5 Å². The number of nitrogens with one attached hydrogen (secondary N) is 1. The molecule has 0 saturated carbocycles. The van der Waals surface area contributed by atoms with E-state index in [1.165, 1.54) is 4.52 Å². The van der Waals surface area contributed by atoms with Crippen LogP contribution in [0.2, 0.25) is 5.15 Å². The maximum Gasteiger partial charge on any atom is 0.356 e. The lowest BCUT2D eigenvalue weighted by molar-refractivity contribution is 0.0679. The van der Waals surface area contributed by atoms with E-state index in [4.69, 9.17) is 16.3 Å². The minimum atomic E-state index is -1.07. The van der Waals surface area contributed by atoms with Crippen LogP contribution in [0.15, 0.2) is 18.5 Å². The highest BCUT2D eigenvalue weighted by molar-refractivity contribution is 6.29. The van der Waals surface area contributed by atoms with Gasteiger partial charge < -0.3 is 9.84 Å². The Hall–Kier alpha value is -2.45. The molecule has 0 aromatic carbocycles. The number of hydrogen-bond donors (Lipinski definition) is 2. The first-order valence-corrected chi connectivity index (χ1v) is 7.92. The molecule has 2 N–H and O–H groups in total. The second-order valence-corrected chi connectivity index (χ2v) is 6.03. The molecule has 0 spiro atoms. The van der Waals surface area contributed by atoms with Gasteiger partial charge in [0.05, 0.1) is 11.9 Å². The molecule has 0 unspecified atom stereocenters. The number of fused-ring (bicyclic) bond motifs is 1. The highest BCUT2D eigenvalue weighted by atomic mass is 35.5. The van der Waals surface area contributed by atoms with E-state index in [-0.39, 0.29) is 16.8 Å². The highest BCUT2D eigenvalue weighted by Gasteiger charge is 2.29. The van der Waals surface area contributed by atoms with Crippen LogP contribution >= 0.6 is 11.6 Å². The molecular formula is C15H14ClN5O3. The normalized spacial score (nSPS) is 15.9. The number of carboxylic acid groups (broad SMARTS) is 1. The SMILES string of the molecule is O=C(O)c1nn2c(-c3cn[nH]c3)cc(Cl)nc2c1C1CCOCC1. The van der Waals surface area contributed by atoms with E-state index in [0.29, 0.717) is 30.1 Å². The van der Waals surface area contributed by atoms with Crippen molar-refractivity contribution in [2.45, 2.75) is 18.8 Å². The fourth-order valence-electron chi connectivity index (χ4n) is 3.12. The Morgan fingerprint density at radius 2 is 2.21 bits per heavy atom. The van der Waals surface area contributed by atoms with Gasteiger partial charge in [-0.3, -0.25) is 5.10 Å². The predicted octanol–water partition coefficient (Wildman–Crippen LogP) is 2.37. The number of carbonyl (C=O) groups is 1. The first-order chi connectivity index (χ1) is 11.6. The van der Waals surface area contributed by atoms with E-state index < -0.39 is 5.97 Å². The van der Waals surface area contributed by atoms with Gasteiger partial charge in [-0.15, -0.1) is 0 Å². The van der Waals surface area contributed by atoms with Crippen LogP contribution in [0, 0.1) is 0 Å². The van der Waals surface area contributed by atoms with Crippen LogP contribution in [0.3, 0.4) is 0 Å². The predicted molar refractivity (Wildman–Crippen MR) is 85.3 cm³/mol. The van der Waals surface area contributed by atoms with Crippen LogP contribution in [0.4, 0.5) is 0 Å². The van der Waals surface area contributed by atoms with Gasteiger partial charge in [-0.2, -0.15) is 10.2 Å². The molecular weight excluding hydrogens is 334 g/mol. The lowest BCUT2D eigenvalue weighted by atomic mass is 9.91. The maximum absolute atomic E-state index is 11.7. The molecule has 9 heteroatoms. The third-order valence-corrected chi connectivity index (χ3v) is 4.41. The zero-order valence-electron chi connectivity index (χ0n) is 12.6. The maximum atomic E-state index is 11.7. The Labute approximate surface area is 141 Å². The van der Waals surface area contributed by atoms with Crippen molar-refractivity contribution in [1.82, 2.24) is 24.8 Å². The van der Waals surface area contributed by atoms with Gasteiger partial charge in [0.1, 0.15) is 5.15 Å². The first-order valence-electron chi connectivity index (χ1n) is 7.54. The second kappa shape index (κ2) is 5.88. The van der Waals surface area contributed by atoms with Gasteiger partial charge in [-0.05, 0) is 18.8 Å². The van der Waals surface area contributed by atoms with E-state index in [1.807, 2.05) is 0 Å². The van der Waals surface area contributed by atoms with Gasteiger partial charge in [0.15, 0.2) is 11.3 Å². The number of carboxylic acids is 1. The van der Waals surface area contributed by atoms with Crippen LogP contribution < -0.4 is 0 Å². The molecule has 8 nitrogen and oxygen atoms in total. The first kappa shape index (κ1) is 15.1. The van der Waals surface area contributed by atoms with Crippen molar-refractivity contribution < 1.29 is 14.6 Å². The molecule has 0 bridgehead atoms. The van der Waals surface area contributed by atoms with Gasteiger partial charge >= 0.3 is 5.97 Å². The fourth-order valence-corrected chi connectivity index (χ4v) is 3.30. The fraction of sp³-hybridized carbons (Fsp3) is 0.333. The Kier molecular flexibility index (Phi) is 3.70. The Bertz CT molecular complexity index is 900. The topological polar surface area (TPSA) is 105 Å². The van der Waals surface area contributed by atoms with Gasteiger partial charge in [0.25, 0.3) is 0 Å². The van der Waals surface area contributed by atoms with Gasteiger partial charge in [0.2, 0.25) is 0 Å². The van der Waals surface area contributed by atoms with Crippen LogP contribution in [0.5, 0.6) is 0 Å². The summed E-state index contributed by atoms with van der Waals surface area (Å²) in [6, 6.07) is 1.64. The number of aromatic amines is 1.